The smallest absolute Gasteiger partial charge is 0.404 e. The molecule has 0 unspecified atom stereocenters. The lowest BCUT2D eigenvalue weighted by Crippen LogP contribution is -2.44. The molecule has 0 spiro atoms. The molecule has 1 aliphatic carbocycles. The Morgan fingerprint density at radius 1 is 1.18 bits per heavy atom. The topological polar surface area (TPSA) is 104 Å². The van der Waals surface area contributed by atoms with Gasteiger partial charge in [0.05, 0.1) is 24.6 Å². The predicted octanol–water partition coefficient (Wildman–Crippen LogP) is 5.17. The van der Waals surface area contributed by atoms with Gasteiger partial charge in [-0.3, -0.25) is 9.78 Å². The average molecular weight is 521 g/mol. The van der Waals surface area contributed by atoms with E-state index in [0.717, 1.165) is 79.6 Å². The number of anilines is 1. The van der Waals surface area contributed by atoms with Crippen LogP contribution in [0.15, 0.2) is 36.7 Å². The number of fused-ring (bicyclic) bond motifs is 2. The quantitative estimate of drug-likeness (QED) is 0.470. The summed E-state index contributed by atoms with van der Waals surface area (Å²) in [6.07, 6.45) is 13.9. The number of hydrogen-bond donors (Lipinski definition) is 3. The van der Waals surface area contributed by atoms with E-state index in [9.17, 15) is 9.59 Å². The van der Waals surface area contributed by atoms with Crippen LogP contribution >= 0.6 is 0 Å². The summed E-state index contributed by atoms with van der Waals surface area (Å²) in [6.45, 7) is 5.38. The van der Waals surface area contributed by atoms with Crippen molar-refractivity contribution >= 4 is 17.7 Å². The highest BCUT2D eigenvalue weighted by molar-refractivity contribution is 5.97. The Kier molecular flexibility index (Phi) is 9.26. The number of nitrogens with zero attached hydrogens (tertiary/aromatic N) is 2. The fourth-order valence-electron chi connectivity index (χ4n) is 5.92. The van der Waals surface area contributed by atoms with Crippen molar-refractivity contribution in [1.29, 1.82) is 0 Å². The van der Waals surface area contributed by atoms with Gasteiger partial charge in [0.25, 0.3) is 5.91 Å². The van der Waals surface area contributed by atoms with Crippen molar-refractivity contribution in [2.24, 2.45) is 0 Å². The molecular formula is C30H40N4O4. The van der Waals surface area contributed by atoms with Crippen LogP contribution in [0.5, 0.6) is 5.75 Å². The number of allylic oxidation sites excluding steroid dienone is 2. The summed E-state index contributed by atoms with van der Waals surface area (Å²) in [5.41, 5.74) is 5.96. The molecule has 0 bridgehead atoms. The molecule has 1 aliphatic heterocycles. The molecule has 2 amide bonds. The summed E-state index contributed by atoms with van der Waals surface area (Å²) in [4.78, 5) is 31.5. The number of amides is 2. The Hall–Kier alpha value is -3.55. The Balaban J connectivity index is 1.63. The molecule has 1 saturated carbocycles. The number of ether oxygens (including phenoxy) is 1. The van der Waals surface area contributed by atoms with Crippen LogP contribution < -0.4 is 20.3 Å². The zero-order chi connectivity index (χ0) is 27.1. The van der Waals surface area contributed by atoms with Gasteiger partial charge in [0, 0.05) is 36.9 Å². The number of benzene rings is 1. The molecule has 8 heteroatoms. The number of pyridine rings is 1. The highest BCUT2D eigenvalue weighted by Gasteiger charge is 2.28. The molecule has 0 atom stereocenters. The molecule has 38 heavy (non-hydrogen) atoms. The van der Waals surface area contributed by atoms with Gasteiger partial charge in [0.15, 0.2) is 0 Å². The first-order valence-corrected chi connectivity index (χ1v) is 13.7. The molecule has 8 nitrogen and oxygen atoms in total. The summed E-state index contributed by atoms with van der Waals surface area (Å²) >= 11 is 0. The minimum Gasteiger partial charge on any atom is -0.496 e. The van der Waals surface area contributed by atoms with E-state index in [1.807, 2.05) is 12.3 Å². The molecule has 2 aliphatic rings. The number of aryl methyl sites for hydroxylation is 2. The van der Waals surface area contributed by atoms with Crippen LogP contribution in [0.4, 0.5) is 10.5 Å². The van der Waals surface area contributed by atoms with E-state index in [4.69, 9.17) is 9.84 Å². The number of carbonyl (C=O) groups excluding carboxylic acids is 1. The van der Waals surface area contributed by atoms with Crippen molar-refractivity contribution in [2.75, 3.05) is 18.6 Å². The highest BCUT2D eigenvalue weighted by Crippen LogP contribution is 2.32. The SMILES string of the molecule is CCN(c1cncc2c1CC=CCCCc1cc(C)cc(OC)c1CNC2=O)C1CCC(NC(=O)O)CC1. The first kappa shape index (κ1) is 27.5. The first-order chi connectivity index (χ1) is 18.4. The molecule has 204 valence electrons. The predicted molar refractivity (Wildman–Crippen MR) is 149 cm³/mol. The van der Waals surface area contributed by atoms with Gasteiger partial charge < -0.3 is 25.4 Å². The molecule has 3 N–H and O–H groups in total. The molecule has 1 aromatic carbocycles. The number of nitrogens with one attached hydrogen (secondary N) is 2. The van der Waals surface area contributed by atoms with Crippen LogP contribution in [-0.4, -0.2) is 47.8 Å². The Bertz CT molecular complexity index is 1170. The van der Waals surface area contributed by atoms with Gasteiger partial charge in [0.2, 0.25) is 0 Å². The number of hydrogen-bond acceptors (Lipinski definition) is 5. The van der Waals surface area contributed by atoms with E-state index in [-0.39, 0.29) is 18.0 Å². The maximum atomic E-state index is 13.6. The molecule has 0 saturated heterocycles. The van der Waals surface area contributed by atoms with E-state index < -0.39 is 6.09 Å². The van der Waals surface area contributed by atoms with Gasteiger partial charge in [-0.2, -0.15) is 0 Å². The van der Waals surface area contributed by atoms with Crippen LogP contribution in [0.3, 0.4) is 0 Å². The van der Waals surface area contributed by atoms with E-state index in [1.165, 1.54) is 5.56 Å². The molecular weight excluding hydrogens is 480 g/mol. The normalized spacial score (nSPS) is 20.0. The Morgan fingerprint density at radius 3 is 2.68 bits per heavy atom. The van der Waals surface area contributed by atoms with Crippen LogP contribution in [-0.2, 0) is 19.4 Å². The van der Waals surface area contributed by atoms with Crippen LogP contribution in [0.2, 0.25) is 0 Å². The summed E-state index contributed by atoms with van der Waals surface area (Å²) in [6, 6.07) is 4.49. The van der Waals surface area contributed by atoms with Crippen molar-refractivity contribution in [1.82, 2.24) is 15.6 Å². The van der Waals surface area contributed by atoms with E-state index in [1.54, 1.807) is 13.3 Å². The Morgan fingerprint density at radius 2 is 1.97 bits per heavy atom. The molecule has 1 aromatic heterocycles. The molecule has 4 rings (SSSR count). The standard InChI is InChI=1S/C30H40N4O4/c1-4-34(23-13-11-22(12-14-23)33-30(36)37)27-19-31-17-26-24(27)10-8-6-5-7-9-21-15-20(2)16-28(38-3)25(21)18-32-29(26)35/h6,8,15-17,19,22-23,33H,4-5,7,9-14,18H2,1-3H3,(H,32,35)(H,36,37). The van der Waals surface area contributed by atoms with Crippen LogP contribution in [0, 0.1) is 6.92 Å². The van der Waals surface area contributed by atoms with E-state index in [0.29, 0.717) is 18.5 Å². The molecule has 1 fully saturated rings. The lowest BCUT2D eigenvalue weighted by molar-refractivity contribution is 0.0949. The minimum absolute atomic E-state index is 0.00164. The zero-order valence-electron chi connectivity index (χ0n) is 22.8. The van der Waals surface area contributed by atoms with Gasteiger partial charge in [-0.15, -0.1) is 0 Å². The summed E-state index contributed by atoms with van der Waals surface area (Å²) in [5.74, 6) is 0.670. The minimum atomic E-state index is -0.961. The maximum absolute atomic E-state index is 13.6. The summed E-state index contributed by atoms with van der Waals surface area (Å²) in [7, 11) is 1.68. The second-order valence-corrected chi connectivity index (χ2v) is 10.3. The van der Waals surface area contributed by atoms with Crippen molar-refractivity contribution in [2.45, 2.75) is 83.8 Å². The number of carboxylic acid groups (broad SMARTS) is 1. The van der Waals surface area contributed by atoms with Gasteiger partial charge >= 0.3 is 6.09 Å². The lowest BCUT2D eigenvalue weighted by atomic mass is 9.89. The second-order valence-electron chi connectivity index (χ2n) is 10.3. The van der Waals surface area contributed by atoms with Crippen LogP contribution in [0.25, 0.3) is 0 Å². The third-order valence-electron chi connectivity index (χ3n) is 7.79. The number of aromatic nitrogens is 1. The largest absolute Gasteiger partial charge is 0.496 e. The van der Waals surface area contributed by atoms with E-state index in [2.05, 4.69) is 52.6 Å². The fourth-order valence-corrected chi connectivity index (χ4v) is 5.92. The summed E-state index contributed by atoms with van der Waals surface area (Å²) in [5, 5.41) is 14.9. The monoisotopic (exact) mass is 520 g/mol. The zero-order valence-corrected chi connectivity index (χ0v) is 22.8. The fraction of sp³-hybridized carbons (Fsp3) is 0.500. The van der Waals surface area contributed by atoms with Crippen LogP contribution in [0.1, 0.15) is 78.1 Å². The second kappa shape index (κ2) is 12.8. The van der Waals surface area contributed by atoms with Crippen molar-refractivity contribution in [3.8, 4) is 5.75 Å². The first-order valence-electron chi connectivity index (χ1n) is 13.7. The average Bonchev–Trinajstić information content (AvgIpc) is 2.91. The van der Waals surface area contributed by atoms with Gasteiger partial charge in [-0.05, 0) is 88.0 Å². The van der Waals surface area contributed by atoms with E-state index >= 15 is 0 Å². The Labute approximate surface area is 225 Å². The van der Waals surface area contributed by atoms with Gasteiger partial charge in [0.1, 0.15) is 5.75 Å². The number of methoxy groups -OCH3 is 1. The van der Waals surface area contributed by atoms with Crippen molar-refractivity contribution < 1.29 is 19.4 Å². The van der Waals surface area contributed by atoms with Crippen molar-refractivity contribution in [3.05, 3.63) is 64.5 Å². The highest BCUT2D eigenvalue weighted by atomic mass is 16.5. The number of rotatable bonds is 5. The lowest BCUT2D eigenvalue weighted by Gasteiger charge is -2.38. The maximum Gasteiger partial charge on any atom is 0.404 e. The summed E-state index contributed by atoms with van der Waals surface area (Å²) < 4.78 is 5.69. The third-order valence-corrected chi connectivity index (χ3v) is 7.79. The number of carbonyl (C=O) groups is 2. The molecule has 2 heterocycles. The molecule has 2 aromatic rings. The third kappa shape index (κ3) is 6.47. The van der Waals surface area contributed by atoms with Crippen molar-refractivity contribution in [3.63, 3.8) is 0 Å². The van der Waals surface area contributed by atoms with Gasteiger partial charge in [-0.25, -0.2) is 4.79 Å². The molecule has 0 radical (unpaired) electrons. The van der Waals surface area contributed by atoms with Gasteiger partial charge in [-0.1, -0.05) is 18.2 Å².